The van der Waals surface area contributed by atoms with Crippen molar-refractivity contribution in [3.05, 3.63) is 66.2 Å². The molecule has 0 fully saturated rings. The molecule has 4 rings (SSSR count). The lowest BCUT2D eigenvalue weighted by Crippen LogP contribution is -2.15. The minimum Gasteiger partial charge on any atom is -0.493 e. The molecule has 0 unspecified atom stereocenters. The number of aromatic amines is 2. The van der Waals surface area contributed by atoms with Crippen molar-refractivity contribution in [3.63, 3.8) is 0 Å². The molecule has 0 aliphatic heterocycles. The number of H-pyrrole nitrogens is 2. The van der Waals surface area contributed by atoms with Crippen molar-refractivity contribution in [3.8, 4) is 23.0 Å². The van der Waals surface area contributed by atoms with Gasteiger partial charge in [-0.25, -0.2) is 19.2 Å². The standard InChI is InChI=1S/C21H18N2O10/c1-28-14-6-10-12(22-20(26)32-18(10)24)8-16(14)30-4-3-5-31-17-9-13-11(7-15(17)29-2)19(25)33-21(27)23-13/h6-9H,3-5H2,1-2H3,(H,22,26)(H,23,27). The first-order chi connectivity index (χ1) is 15.9. The van der Waals surface area contributed by atoms with Crippen LogP contribution in [0.15, 0.2) is 52.3 Å². The number of ether oxygens (including phenoxy) is 4. The van der Waals surface area contributed by atoms with Gasteiger partial charge in [-0.2, -0.15) is 0 Å². The predicted molar refractivity (Wildman–Crippen MR) is 115 cm³/mol. The zero-order chi connectivity index (χ0) is 23.5. The fourth-order valence-corrected chi connectivity index (χ4v) is 3.18. The molecule has 2 aromatic carbocycles. The summed E-state index contributed by atoms with van der Waals surface area (Å²) in [6.45, 7) is 0.424. The number of hydrogen-bond acceptors (Lipinski definition) is 10. The van der Waals surface area contributed by atoms with Gasteiger partial charge in [0.15, 0.2) is 23.0 Å². The van der Waals surface area contributed by atoms with Crippen LogP contribution in [0.3, 0.4) is 0 Å². The molecule has 33 heavy (non-hydrogen) atoms. The fourth-order valence-electron chi connectivity index (χ4n) is 3.18. The Kier molecular flexibility index (Phi) is 5.89. The van der Waals surface area contributed by atoms with Crippen LogP contribution in [0, 0.1) is 0 Å². The van der Waals surface area contributed by atoms with E-state index in [2.05, 4.69) is 18.8 Å². The van der Waals surface area contributed by atoms with Gasteiger partial charge >= 0.3 is 22.8 Å². The number of fused-ring (bicyclic) bond motifs is 2. The summed E-state index contributed by atoms with van der Waals surface area (Å²) in [7, 11) is 2.84. The molecule has 0 aliphatic carbocycles. The molecule has 12 nitrogen and oxygen atoms in total. The zero-order valence-corrected chi connectivity index (χ0v) is 17.5. The van der Waals surface area contributed by atoms with Gasteiger partial charge in [0.05, 0.1) is 49.2 Å². The van der Waals surface area contributed by atoms with E-state index in [4.69, 9.17) is 18.9 Å². The first kappa shape index (κ1) is 21.7. The Morgan fingerprint density at radius 1 is 0.667 bits per heavy atom. The molecular formula is C21H18N2O10. The number of aromatic nitrogens is 2. The van der Waals surface area contributed by atoms with Crippen LogP contribution in [0.5, 0.6) is 23.0 Å². The highest BCUT2D eigenvalue weighted by atomic mass is 16.5. The highest BCUT2D eigenvalue weighted by Crippen LogP contribution is 2.31. The molecule has 2 heterocycles. The van der Waals surface area contributed by atoms with Crippen molar-refractivity contribution >= 4 is 21.8 Å². The van der Waals surface area contributed by atoms with Crippen LogP contribution in [0.25, 0.3) is 21.8 Å². The Morgan fingerprint density at radius 2 is 1.09 bits per heavy atom. The molecule has 0 spiro atoms. The van der Waals surface area contributed by atoms with Gasteiger partial charge in [0, 0.05) is 30.7 Å². The molecule has 2 N–H and O–H groups in total. The third-order valence-corrected chi connectivity index (χ3v) is 4.70. The van der Waals surface area contributed by atoms with Crippen LogP contribution < -0.4 is 41.7 Å². The number of rotatable bonds is 8. The van der Waals surface area contributed by atoms with Gasteiger partial charge in [-0.3, -0.25) is 9.97 Å². The largest absolute Gasteiger partial charge is 0.493 e. The van der Waals surface area contributed by atoms with Crippen molar-refractivity contribution in [2.75, 3.05) is 27.4 Å². The second kappa shape index (κ2) is 8.94. The Bertz CT molecular complexity index is 1440. The van der Waals surface area contributed by atoms with E-state index in [0.29, 0.717) is 29.4 Å². The van der Waals surface area contributed by atoms with Gasteiger partial charge in [0.2, 0.25) is 0 Å². The molecule has 0 radical (unpaired) electrons. The van der Waals surface area contributed by atoms with Gasteiger partial charge in [-0.1, -0.05) is 0 Å². The minimum atomic E-state index is -0.875. The smallest absolute Gasteiger partial charge is 0.419 e. The van der Waals surface area contributed by atoms with Gasteiger partial charge in [-0.15, -0.1) is 0 Å². The molecule has 0 atom stereocenters. The molecule has 172 valence electrons. The number of methoxy groups -OCH3 is 2. The monoisotopic (exact) mass is 458 g/mol. The lowest BCUT2D eigenvalue weighted by molar-refractivity contribution is 0.235. The van der Waals surface area contributed by atoms with Crippen LogP contribution in [0.1, 0.15) is 6.42 Å². The molecule has 2 aromatic heterocycles. The Morgan fingerprint density at radius 3 is 1.48 bits per heavy atom. The summed E-state index contributed by atoms with van der Waals surface area (Å²) >= 11 is 0. The van der Waals surface area contributed by atoms with E-state index in [0.717, 1.165) is 0 Å². The van der Waals surface area contributed by atoms with Crippen molar-refractivity contribution in [2.24, 2.45) is 0 Å². The number of benzene rings is 2. The van der Waals surface area contributed by atoms with Crippen LogP contribution >= 0.6 is 0 Å². The van der Waals surface area contributed by atoms with E-state index in [-0.39, 0.29) is 35.0 Å². The second-order valence-electron chi connectivity index (χ2n) is 6.75. The predicted octanol–water partition coefficient (Wildman–Crippen LogP) is 1.14. The molecule has 4 aromatic rings. The third kappa shape index (κ3) is 4.44. The molecular weight excluding hydrogens is 440 g/mol. The van der Waals surface area contributed by atoms with Gasteiger partial charge in [-0.05, 0) is 0 Å². The first-order valence-corrected chi connectivity index (χ1v) is 9.65. The van der Waals surface area contributed by atoms with E-state index < -0.39 is 22.8 Å². The van der Waals surface area contributed by atoms with E-state index >= 15 is 0 Å². The molecule has 0 aliphatic rings. The lowest BCUT2D eigenvalue weighted by Gasteiger charge is -2.13. The summed E-state index contributed by atoms with van der Waals surface area (Å²) in [5.41, 5.74) is -1.06. The maximum atomic E-state index is 11.8. The van der Waals surface area contributed by atoms with E-state index in [1.54, 1.807) is 0 Å². The van der Waals surface area contributed by atoms with E-state index in [9.17, 15) is 19.2 Å². The number of nitrogens with one attached hydrogen (secondary N) is 2. The highest BCUT2D eigenvalue weighted by Gasteiger charge is 2.13. The fraction of sp³-hybridized carbons (Fsp3) is 0.238. The second-order valence-corrected chi connectivity index (χ2v) is 6.75. The highest BCUT2D eigenvalue weighted by molar-refractivity contribution is 5.82. The van der Waals surface area contributed by atoms with Crippen molar-refractivity contribution < 1.29 is 27.8 Å². The summed E-state index contributed by atoms with van der Waals surface area (Å²) in [5.74, 6) is -0.526. The summed E-state index contributed by atoms with van der Waals surface area (Å²) in [5, 5.41) is 0.301. The third-order valence-electron chi connectivity index (χ3n) is 4.70. The minimum absolute atomic E-state index is 0.151. The van der Waals surface area contributed by atoms with E-state index in [1.165, 1.54) is 38.5 Å². The quantitative estimate of drug-likeness (QED) is 0.366. The summed E-state index contributed by atoms with van der Waals surface area (Å²) in [4.78, 5) is 51.3. The Labute approximate surface area is 183 Å². The molecule has 0 saturated heterocycles. The number of hydrogen-bond donors (Lipinski definition) is 2. The average molecular weight is 458 g/mol. The average Bonchev–Trinajstić information content (AvgIpc) is 2.77. The van der Waals surface area contributed by atoms with E-state index in [1.807, 2.05) is 0 Å². The molecule has 0 saturated carbocycles. The maximum absolute atomic E-state index is 11.8. The molecule has 12 heteroatoms. The van der Waals surface area contributed by atoms with Crippen molar-refractivity contribution in [1.82, 2.24) is 9.97 Å². The lowest BCUT2D eigenvalue weighted by atomic mass is 10.2. The SMILES string of the molecule is COc1cc2c(=O)oc(=O)[nH]c2cc1OCCCOc1cc2[nH]c(=O)oc(=O)c2cc1OC. The first-order valence-electron chi connectivity index (χ1n) is 9.65. The van der Waals surface area contributed by atoms with Crippen molar-refractivity contribution in [1.29, 1.82) is 0 Å². The summed E-state index contributed by atoms with van der Waals surface area (Å²) in [6, 6.07) is 5.78. The van der Waals surface area contributed by atoms with Crippen molar-refractivity contribution in [2.45, 2.75) is 6.42 Å². The summed E-state index contributed by atoms with van der Waals surface area (Å²) in [6.07, 6.45) is 0.434. The topological polar surface area (TPSA) is 163 Å². The summed E-state index contributed by atoms with van der Waals surface area (Å²) < 4.78 is 31.0. The Hall–Kier alpha value is -4.48. The van der Waals surface area contributed by atoms with Gasteiger partial charge < -0.3 is 27.8 Å². The van der Waals surface area contributed by atoms with Gasteiger partial charge in [0.25, 0.3) is 0 Å². The van der Waals surface area contributed by atoms with Crippen LogP contribution in [0.2, 0.25) is 0 Å². The molecule has 0 bridgehead atoms. The normalized spacial score (nSPS) is 11.0. The van der Waals surface area contributed by atoms with Crippen LogP contribution in [-0.4, -0.2) is 37.4 Å². The van der Waals surface area contributed by atoms with Crippen LogP contribution in [0.4, 0.5) is 0 Å². The Balaban J connectivity index is 1.45. The molecule has 0 amide bonds. The zero-order valence-electron chi connectivity index (χ0n) is 17.5. The van der Waals surface area contributed by atoms with Gasteiger partial charge in [0.1, 0.15) is 0 Å². The van der Waals surface area contributed by atoms with Crippen LogP contribution in [-0.2, 0) is 0 Å². The maximum Gasteiger partial charge on any atom is 0.419 e.